The third-order valence-electron chi connectivity index (χ3n) is 3.51. The van der Waals surface area contributed by atoms with Gasteiger partial charge in [-0.2, -0.15) is 0 Å². The van der Waals surface area contributed by atoms with Crippen molar-refractivity contribution < 1.29 is 23.5 Å². The highest BCUT2D eigenvalue weighted by molar-refractivity contribution is 5.83. The summed E-state index contributed by atoms with van der Waals surface area (Å²) in [5, 5.41) is 8.57. The molecule has 20 heavy (non-hydrogen) atoms. The quantitative estimate of drug-likeness (QED) is 0.899. The predicted molar refractivity (Wildman–Crippen MR) is 67.1 cm³/mol. The Morgan fingerprint density at radius 2 is 2.10 bits per heavy atom. The van der Waals surface area contributed by atoms with Gasteiger partial charge in [-0.25, -0.2) is 8.78 Å². The van der Waals surface area contributed by atoms with E-state index in [9.17, 15) is 18.4 Å². The van der Waals surface area contributed by atoms with Gasteiger partial charge in [0.2, 0.25) is 5.91 Å². The van der Waals surface area contributed by atoms with Crippen molar-refractivity contribution in [1.29, 1.82) is 0 Å². The second kappa shape index (κ2) is 5.56. The molecule has 1 aromatic carbocycles. The fourth-order valence-electron chi connectivity index (χ4n) is 2.27. The van der Waals surface area contributed by atoms with Crippen molar-refractivity contribution in [3.8, 4) is 0 Å². The Hall–Kier alpha value is -1.98. The lowest BCUT2D eigenvalue weighted by atomic mass is 10.1. The lowest BCUT2D eigenvalue weighted by molar-refractivity contribution is -0.138. The minimum Gasteiger partial charge on any atom is -0.481 e. The second-order valence-corrected chi connectivity index (χ2v) is 5.02. The molecule has 1 amide bonds. The maximum atomic E-state index is 13.6. The molecule has 4 nitrogen and oxygen atoms in total. The molecule has 1 aromatic rings. The summed E-state index contributed by atoms with van der Waals surface area (Å²) in [6, 6.07) is 3.34. The lowest BCUT2D eigenvalue weighted by Gasteiger charge is -2.16. The van der Waals surface area contributed by atoms with Gasteiger partial charge in [0, 0.05) is 25.6 Å². The topological polar surface area (TPSA) is 57.6 Å². The zero-order valence-corrected chi connectivity index (χ0v) is 11.0. The molecule has 0 spiro atoms. The molecule has 0 bridgehead atoms. The summed E-state index contributed by atoms with van der Waals surface area (Å²) >= 11 is 0. The normalized spacial score (nSPS) is 20.6. The summed E-state index contributed by atoms with van der Waals surface area (Å²) in [6.45, 7) is 0.128. The Morgan fingerprint density at radius 3 is 2.70 bits per heavy atom. The van der Waals surface area contributed by atoms with Crippen LogP contribution in [0.25, 0.3) is 0 Å². The number of hydrogen-bond acceptors (Lipinski definition) is 2. The first-order chi connectivity index (χ1) is 9.40. The van der Waals surface area contributed by atoms with Gasteiger partial charge in [-0.3, -0.25) is 9.59 Å². The maximum absolute atomic E-state index is 13.6. The Labute approximate surface area is 115 Å². The number of carboxylic acid groups (broad SMARTS) is 1. The van der Waals surface area contributed by atoms with E-state index < -0.39 is 17.6 Å². The molecule has 1 aliphatic rings. The molecule has 1 N–H and O–H groups in total. The molecular formula is C14H15F2NO3. The fourth-order valence-corrected chi connectivity index (χ4v) is 2.27. The number of benzene rings is 1. The predicted octanol–water partition coefficient (Wildman–Crippen LogP) is 2.00. The molecule has 0 aromatic heterocycles. The van der Waals surface area contributed by atoms with Crippen LogP contribution in [0, 0.1) is 17.6 Å². The van der Waals surface area contributed by atoms with Crippen LogP contribution >= 0.6 is 0 Å². The molecule has 0 heterocycles. The number of carbonyl (C=O) groups is 2. The summed E-state index contributed by atoms with van der Waals surface area (Å²) in [5.41, 5.74) is 0.344. The summed E-state index contributed by atoms with van der Waals surface area (Å²) in [5.74, 6) is -3.03. The molecule has 6 heteroatoms. The first-order valence-corrected chi connectivity index (χ1v) is 6.32. The monoisotopic (exact) mass is 283 g/mol. The zero-order chi connectivity index (χ0) is 14.9. The van der Waals surface area contributed by atoms with Gasteiger partial charge in [-0.1, -0.05) is 6.07 Å². The van der Waals surface area contributed by atoms with E-state index >= 15 is 0 Å². The van der Waals surface area contributed by atoms with Gasteiger partial charge >= 0.3 is 5.97 Å². The molecule has 1 fully saturated rings. The van der Waals surface area contributed by atoms with Crippen LogP contribution < -0.4 is 0 Å². The van der Waals surface area contributed by atoms with Gasteiger partial charge in [0.25, 0.3) is 0 Å². The van der Waals surface area contributed by atoms with Gasteiger partial charge in [0.15, 0.2) is 0 Å². The summed E-state index contributed by atoms with van der Waals surface area (Å²) in [7, 11) is 1.53. The van der Waals surface area contributed by atoms with Crippen LogP contribution in [0.2, 0.25) is 0 Å². The highest BCUT2D eigenvalue weighted by Crippen LogP contribution is 2.49. The second-order valence-electron chi connectivity index (χ2n) is 5.02. The van der Waals surface area contributed by atoms with Crippen LogP contribution in [0.3, 0.4) is 0 Å². The summed E-state index contributed by atoms with van der Waals surface area (Å²) in [4.78, 5) is 23.8. The minimum atomic E-state index is -0.971. The fraction of sp³-hybridized carbons (Fsp3) is 0.429. The number of aliphatic carboxylic acids is 1. The Kier molecular flexibility index (Phi) is 4.01. The van der Waals surface area contributed by atoms with Crippen LogP contribution in [0.5, 0.6) is 0 Å². The lowest BCUT2D eigenvalue weighted by Crippen LogP contribution is -2.30. The van der Waals surface area contributed by atoms with Crippen molar-refractivity contribution in [2.75, 3.05) is 13.6 Å². The average molecular weight is 283 g/mol. The SMILES string of the molecule is CN(CCC(=O)O)C(=O)[C@H]1C[C@@H]1c1ccc(F)cc1F. The molecule has 2 atom stereocenters. The van der Waals surface area contributed by atoms with E-state index in [4.69, 9.17) is 5.11 Å². The molecule has 108 valence electrons. The standard InChI is InChI=1S/C14H15F2NO3/c1-17(5-4-13(18)19)14(20)11-7-10(11)9-3-2-8(15)6-12(9)16/h2-3,6,10-11H,4-5,7H2,1H3,(H,18,19)/t10-,11+/m1/s1. The minimum absolute atomic E-state index is 0.120. The van der Waals surface area contributed by atoms with E-state index in [-0.39, 0.29) is 30.7 Å². The molecule has 0 aliphatic heterocycles. The van der Waals surface area contributed by atoms with Crippen LogP contribution in [-0.2, 0) is 9.59 Å². The smallest absolute Gasteiger partial charge is 0.305 e. The molecule has 0 unspecified atom stereocenters. The van der Waals surface area contributed by atoms with E-state index in [1.807, 2.05) is 0 Å². The van der Waals surface area contributed by atoms with E-state index in [2.05, 4.69) is 0 Å². The summed E-state index contributed by atoms with van der Waals surface area (Å²) in [6.07, 6.45) is 0.392. The number of carbonyl (C=O) groups excluding carboxylic acids is 1. The maximum Gasteiger partial charge on any atom is 0.305 e. The van der Waals surface area contributed by atoms with Crippen LogP contribution in [-0.4, -0.2) is 35.5 Å². The number of nitrogens with zero attached hydrogens (tertiary/aromatic N) is 1. The van der Waals surface area contributed by atoms with Gasteiger partial charge in [-0.05, 0) is 24.0 Å². The zero-order valence-electron chi connectivity index (χ0n) is 11.0. The molecular weight excluding hydrogens is 268 g/mol. The van der Waals surface area contributed by atoms with Crippen LogP contribution in [0.4, 0.5) is 8.78 Å². The van der Waals surface area contributed by atoms with Crippen molar-refractivity contribution in [3.05, 3.63) is 35.4 Å². The number of rotatable bonds is 5. The van der Waals surface area contributed by atoms with Crippen molar-refractivity contribution in [1.82, 2.24) is 4.90 Å². The highest BCUT2D eigenvalue weighted by atomic mass is 19.1. The van der Waals surface area contributed by atoms with Gasteiger partial charge in [0.1, 0.15) is 11.6 Å². The number of carboxylic acids is 1. The van der Waals surface area contributed by atoms with E-state index in [1.165, 1.54) is 24.1 Å². The first-order valence-electron chi connectivity index (χ1n) is 6.32. The number of amides is 1. The van der Waals surface area contributed by atoms with Crippen molar-refractivity contribution in [3.63, 3.8) is 0 Å². The first kappa shape index (κ1) is 14.4. The summed E-state index contributed by atoms with van der Waals surface area (Å²) < 4.78 is 26.4. The molecule has 1 aliphatic carbocycles. The van der Waals surface area contributed by atoms with Crippen molar-refractivity contribution in [2.24, 2.45) is 5.92 Å². The van der Waals surface area contributed by atoms with E-state index in [0.717, 1.165) is 6.07 Å². The highest BCUT2D eigenvalue weighted by Gasteiger charge is 2.46. The molecule has 0 saturated heterocycles. The van der Waals surface area contributed by atoms with Crippen molar-refractivity contribution in [2.45, 2.75) is 18.8 Å². The van der Waals surface area contributed by atoms with Crippen LogP contribution in [0.15, 0.2) is 18.2 Å². The van der Waals surface area contributed by atoms with Gasteiger partial charge in [-0.15, -0.1) is 0 Å². The van der Waals surface area contributed by atoms with E-state index in [1.54, 1.807) is 0 Å². The Balaban J connectivity index is 1.97. The molecule has 0 radical (unpaired) electrons. The molecule has 1 saturated carbocycles. The van der Waals surface area contributed by atoms with Gasteiger partial charge in [0.05, 0.1) is 6.42 Å². The van der Waals surface area contributed by atoms with E-state index in [0.29, 0.717) is 12.0 Å². The third-order valence-corrected chi connectivity index (χ3v) is 3.51. The Morgan fingerprint density at radius 1 is 1.40 bits per heavy atom. The number of hydrogen-bond donors (Lipinski definition) is 1. The molecule has 2 rings (SSSR count). The largest absolute Gasteiger partial charge is 0.481 e. The number of halogens is 2. The Bertz CT molecular complexity index is 547. The van der Waals surface area contributed by atoms with Gasteiger partial charge < -0.3 is 10.0 Å². The van der Waals surface area contributed by atoms with Crippen molar-refractivity contribution >= 4 is 11.9 Å². The third kappa shape index (κ3) is 3.12. The average Bonchev–Trinajstić information content (AvgIpc) is 3.15. The van der Waals surface area contributed by atoms with Crippen LogP contribution in [0.1, 0.15) is 24.3 Å².